The molecule has 1 aromatic rings. The van der Waals surface area contributed by atoms with Crippen LogP contribution in [0.2, 0.25) is 0 Å². The average molecular weight is 250 g/mol. The lowest BCUT2D eigenvalue weighted by molar-refractivity contribution is -0.144. The summed E-state index contributed by atoms with van der Waals surface area (Å²) < 4.78 is 11.0. The van der Waals surface area contributed by atoms with Crippen LogP contribution in [0.25, 0.3) is 0 Å². The number of carboxylic acid groups (broad SMARTS) is 1. The molecule has 1 aliphatic heterocycles. The highest BCUT2D eigenvalue weighted by Crippen LogP contribution is 2.38. The molecule has 0 fully saturated rings. The molecule has 0 saturated carbocycles. The van der Waals surface area contributed by atoms with Crippen LogP contribution >= 0.6 is 0 Å². The van der Waals surface area contributed by atoms with Crippen molar-refractivity contribution in [3.63, 3.8) is 0 Å². The fourth-order valence-corrected chi connectivity index (χ4v) is 2.43. The Kier molecular flexibility index (Phi) is 3.45. The molecule has 1 aliphatic rings. The minimum Gasteiger partial charge on any atom is -0.486 e. The molecule has 4 heteroatoms. The van der Waals surface area contributed by atoms with Crippen molar-refractivity contribution in [2.75, 3.05) is 13.2 Å². The van der Waals surface area contributed by atoms with Crippen molar-refractivity contribution in [2.45, 2.75) is 32.1 Å². The number of hydrogen-bond donors (Lipinski definition) is 1. The number of hydrogen-bond acceptors (Lipinski definition) is 3. The first-order chi connectivity index (χ1) is 8.64. The van der Waals surface area contributed by atoms with E-state index in [0.29, 0.717) is 37.6 Å². The largest absolute Gasteiger partial charge is 0.486 e. The zero-order chi connectivity index (χ0) is 13.2. The van der Waals surface area contributed by atoms with E-state index in [4.69, 9.17) is 9.47 Å². The molecule has 18 heavy (non-hydrogen) atoms. The summed E-state index contributed by atoms with van der Waals surface area (Å²) in [5.74, 6) is 0.548. The fraction of sp³-hybridized carbons (Fsp3) is 0.500. The van der Waals surface area contributed by atoms with E-state index in [9.17, 15) is 9.90 Å². The van der Waals surface area contributed by atoms with Gasteiger partial charge in [0.1, 0.15) is 13.2 Å². The Morgan fingerprint density at radius 3 is 2.39 bits per heavy atom. The Balaban J connectivity index is 2.46. The Hall–Kier alpha value is -1.71. The van der Waals surface area contributed by atoms with Crippen LogP contribution in [0.4, 0.5) is 0 Å². The fourth-order valence-electron chi connectivity index (χ4n) is 2.43. The summed E-state index contributed by atoms with van der Waals surface area (Å²) in [6.07, 6.45) is 1.11. The topological polar surface area (TPSA) is 55.8 Å². The maximum atomic E-state index is 11.6. The second kappa shape index (κ2) is 4.88. The van der Waals surface area contributed by atoms with Crippen LogP contribution in [-0.4, -0.2) is 24.3 Å². The van der Waals surface area contributed by atoms with Crippen molar-refractivity contribution in [1.29, 1.82) is 0 Å². The van der Waals surface area contributed by atoms with E-state index in [1.165, 1.54) is 0 Å². The SMILES string of the molecule is CCC(CC)(C(=O)O)c1ccc2c(c1)OCCO2. The molecule has 4 nitrogen and oxygen atoms in total. The van der Waals surface area contributed by atoms with Gasteiger partial charge in [0.15, 0.2) is 11.5 Å². The van der Waals surface area contributed by atoms with E-state index in [0.717, 1.165) is 5.56 Å². The molecule has 0 atom stereocenters. The van der Waals surface area contributed by atoms with Gasteiger partial charge in [-0.2, -0.15) is 0 Å². The van der Waals surface area contributed by atoms with Crippen LogP contribution in [-0.2, 0) is 10.2 Å². The molecule has 0 aromatic heterocycles. The number of ether oxygens (including phenoxy) is 2. The number of rotatable bonds is 4. The highest BCUT2D eigenvalue weighted by molar-refractivity contribution is 5.81. The van der Waals surface area contributed by atoms with Gasteiger partial charge < -0.3 is 14.6 Å². The van der Waals surface area contributed by atoms with E-state index >= 15 is 0 Å². The van der Waals surface area contributed by atoms with Crippen molar-refractivity contribution >= 4 is 5.97 Å². The van der Waals surface area contributed by atoms with E-state index in [1.807, 2.05) is 19.9 Å². The number of benzene rings is 1. The molecule has 0 radical (unpaired) electrons. The second-order valence-corrected chi connectivity index (χ2v) is 4.45. The third-order valence-electron chi connectivity index (χ3n) is 3.71. The predicted octanol–water partition coefficient (Wildman–Crippen LogP) is 2.60. The summed E-state index contributed by atoms with van der Waals surface area (Å²) in [5.41, 5.74) is -0.0558. The highest BCUT2D eigenvalue weighted by Gasteiger charge is 2.37. The highest BCUT2D eigenvalue weighted by atomic mass is 16.6. The number of aliphatic carboxylic acids is 1. The zero-order valence-electron chi connectivity index (χ0n) is 10.7. The van der Waals surface area contributed by atoms with Crippen molar-refractivity contribution in [2.24, 2.45) is 0 Å². The lowest BCUT2D eigenvalue weighted by Crippen LogP contribution is -2.34. The Morgan fingerprint density at radius 2 is 1.83 bits per heavy atom. The number of fused-ring (bicyclic) bond motifs is 1. The van der Waals surface area contributed by atoms with Gasteiger partial charge in [-0.25, -0.2) is 0 Å². The van der Waals surface area contributed by atoms with E-state index in [1.54, 1.807) is 12.1 Å². The van der Waals surface area contributed by atoms with Gasteiger partial charge in [-0.05, 0) is 30.5 Å². The summed E-state index contributed by atoms with van der Waals surface area (Å²) in [6.45, 7) is 4.84. The Bertz CT molecular complexity index is 449. The Labute approximate surface area is 107 Å². The first-order valence-corrected chi connectivity index (χ1v) is 6.27. The molecule has 0 bridgehead atoms. The molecule has 0 spiro atoms. The normalized spacial score (nSPS) is 14.3. The zero-order valence-corrected chi connectivity index (χ0v) is 10.7. The minimum absolute atomic E-state index is 0.509. The van der Waals surface area contributed by atoms with Gasteiger partial charge >= 0.3 is 5.97 Å². The molecule has 0 aliphatic carbocycles. The van der Waals surface area contributed by atoms with Gasteiger partial charge in [-0.15, -0.1) is 0 Å². The number of carbonyl (C=O) groups is 1. The first-order valence-electron chi connectivity index (χ1n) is 6.27. The smallest absolute Gasteiger partial charge is 0.314 e. The monoisotopic (exact) mass is 250 g/mol. The van der Waals surface area contributed by atoms with Crippen LogP contribution in [0.5, 0.6) is 11.5 Å². The quantitative estimate of drug-likeness (QED) is 0.892. The van der Waals surface area contributed by atoms with Crippen molar-refractivity contribution in [3.05, 3.63) is 23.8 Å². The van der Waals surface area contributed by atoms with Crippen molar-refractivity contribution in [3.8, 4) is 11.5 Å². The van der Waals surface area contributed by atoms with Crippen molar-refractivity contribution in [1.82, 2.24) is 0 Å². The second-order valence-electron chi connectivity index (χ2n) is 4.45. The van der Waals surface area contributed by atoms with Crippen LogP contribution in [0, 0.1) is 0 Å². The maximum absolute atomic E-state index is 11.6. The van der Waals surface area contributed by atoms with Crippen molar-refractivity contribution < 1.29 is 19.4 Å². The lowest BCUT2D eigenvalue weighted by atomic mass is 9.76. The molecule has 98 valence electrons. The molecule has 1 heterocycles. The summed E-state index contributed by atoms with van der Waals surface area (Å²) in [4.78, 5) is 11.6. The summed E-state index contributed by atoms with van der Waals surface area (Å²) in [5, 5.41) is 9.51. The third kappa shape index (κ3) is 1.92. The van der Waals surface area contributed by atoms with E-state index in [-0.39, 0.29) is 0 Å². The summed E-state index contributed by atoms with van der Waals surface area (Å²) in [6, 6.07) is 5.43. The molecule has 1 aromatic carbocycles. The van der Waals surface area contributed by atoms with Gasteiger partial charge in [0, 0.05) is 0 Å². The molecule has 0 unspecified atom stereocenters. The summed E-state index contributed by atoms with van der Waals surface area (Å²) in [7, 11) is 0. The standard InChI is InChI=1S/C14H18O4/c1-3-14(4-2,13(15)16)10-5-6-11-12(9-10)18-8-7-17-11/h5-6,9H,3-4,7-8H2,1-2H3,(H,15,16). The molecule has 0 saturated heterocycles. The third-order valence-corrected chi connectivity index (χ3v) is 3.71. The maximum Gasteiger partial charge on any atom is 0.314 e. The molecule has 2 rings (SSSR count). The lowest BCUT2D eigenvalue weighted by Gasteiger charge is -2.29. The molecule has 0 amide bonds. The van der Waals surface area contributed by atoms with Gasteiger partial charge in [0.25, 0.3) is 0 Å². The molecular weight excluding hydrogens is 232 g/mol. The van der Waals surface area contributed by atoms with Crippen LogP contribution in [0.3, 0.4) is 0 Å². The van der Waals surface area contributed by atoms with Gasteiger partial charge in [-0.3, -0.25) is 4.79 Å². The van der Waals surface area contributed by atoms with Crippen LogP contribution < -0.4 is 9.47 Å². The van der Waals surface area contributed by atoms with Gasteiger partial charge in [-0.1, -0.05) is 19.9 Å². The van der Waals surface area contributed by atoms with Gasteiger partial charge in [0.2, 0.25) is 0 Å². The van der Waals surface area contributed by atoms with Crippen LogP contribution in [0.15, 0.2) is 18.2 Å². The predicted molar refractivity (Wildman–Crippen MR) is 67.3 cm³/mol. The molecular formula is C14H18O4. The number of carboxylic acids is 1. The van der Waals surface area contributed by atoms with E-state index < -0.39 is 11.4 Å². The van der Waals surface area contributed by atoms with Crippen LogP contribution in [0.1, 0.15) is 32.3 Å². The van der Waals surface area contributed by atoms with E-state index in [2.05, 4.69) is 0 Å². The minimum atomic E-state index is -0.837. The Morgan fingerprint density at radius 1 is 1.22 bits per heavy atom. The molecule has 1 N–H and O–H groups in total. The first kappa shape index (κ1) is 12.7. The van der Waals surface area contributed by atoms with Gasteiger partial charge in [0.05, 0.1) is 5.41 Å². The summed E-state index contributed by atoms with van der Waals surface area (Å²) >= 11 is 0. The average Bonchev–Trinajstić information content (AvgIpc) is 2.40.